The summed E-state index contributed by atoms with van der Waals surface area (Å²) in [6.45, 7) is 14.8. The predicted molar refractivity (Wildman–Crippen MR) is 212 cm³/mol. The van der Waals surface area contributed by atoms with Crippen molar-refractivity contribution in [2.24, 2.45) is 23.5 Å². The number of ether oxygens (including phenoxy) is 5. The van der Waals surface area contributed by atoms with E-state index in [9.17, 15) is 28.8 Å². The van der Waals surface area contributed by atoms with Crippen LogP contribution in [0.25, 0.3) is 0 Å². The summed E-state index contributed by atoms with van der Waals surface area (Å²) >= 11 is 0. The molecule has 0 aliphatic rings. The van der Waals surface area contributed by atoms with E-state index in [1.807, 2.05) is 53.7 Å². The van der Waals surface area contributed by atoms with Crippen LogP contribution < -0.4 is 27.0 Å². The van der Waals surface area contributed by atoms with Gasteiger partial charge in [-0.2, -0.15) is 0 Å². The zero-order valence-electron chi connectivity index (χ0n) is 34.3. The molecule has 56 heavy (non-hydrogen) atoms. The van der Waals surface area contributed by atoms with Crippen molar-refractivity contribution in [2.75, 3.05) is 71.3 Å². The van der Waals surface area contributed by atoms with Crippen LogP contribution >= 0.6 is 0 Å². The summed E-state index contributed by atoms with van der Waals surface area (Å²) in [6, 6.07) is 5.82. The lowest BCUT2D eigenvalue weighted by Crippen LogP contribution is -2.45. The summed E-state index contributed by atoms with van der Waals surface area (Å²) in [5.41, 5.74) is 6.71. The van der Waals surface area contributed by atoms with Crippen LogP contribution in [0.1, 0.15) is 85.6 Å². The Morgan fingerprint density at radius 1 is 0.661 bits per heavy atom. The van der Waals surface area contributed by atoms with Gasteiger partial charge < -0.3 is 50.7 Å². The molecule has 2 atom stereocenters. The summed E-state index contributed by atoms with van der Waals surface area (Å²) in [4.78, 5) is 74.1. The molecule has 16 nitrogen and oxygen atoms in total. The molecule has 0 saturated heterocycles. The van der Waals surface area contributed by atoms with Crippen LogP contribution in [0.2, 0.25) is 0 Å². The molecule has 1 aromatic carbocycles. The normalized spacial score (nSPS) is 12.4. The molecular formula is C40H67N5O11. The zero-order chi connectivity index (χ0) is 41.7. The van der Waals surface area contributed by atoms with Gasteiger partial charge in [-0.15, -0.1) is 0 Å². The molecule has 0 aliphatic carbocycles. The molecule has 5 amide bonds. The Morgan fingerprint density at radius 3 is 1.80 bits per heavy atom. The van der Waals surface area contributed by atoms with Crippen LogP contribution in [0.15, 0.2) is 24.3 Å². The number of ketones is 2. The van der Waals surface area contributed by atoms with Crippen LogP contribution in [0, 0.1) is 17.8 Å². The van der Waals surface area contributed by atoms with Crippen LogP contribution in [-0.4, -0.2) is 113 Å². The molecule has 0 fully saturated rings. The second-order valence-electron chi connectivity index (χ2n) is 14.3. The topological polar surface area (TPSA) is 223 Å². The van der Waals surface area contributed by atoms with Gasteiger partial charge in [0.05, 0.1) is 71.6 Å². The van der Waals surface area contributed by atoms with Crippen LogP contribution in [-0.2, 0) is 54.3 Å². The number of Topliss-reactive ketones (excluding diaryl/α,β-unsaturated/α-hetero) is 2. The van der Waals surface area contributed by atoms with Gasteiger partial charge >= 0.3 is 6.03 Å². The van der Waals surface area contributed by atoms with E-state index >= 15 is 0 Å². The second-order valence-corrected chi connectivity index (χ2v) is 14.3. The third-order valence-electron chi connectivity index (χ3n) is 8.38. The Kier molecular flexibility index (Phi) is 27.0. The fraction of sp³-hybridized carbons (Fsp3) is 0.700. The first-order valence-electron chi connectivity index (χ1n) is 19.7. The molecule has 318 valence electrons. The highest BCUT2D eigenvalue weighted by Gasteiger charge is 2.29. The summed E-state index contributed by atoms with van der Waals surface area (Å²) in [5.74, 6) is -2.04. The number of anilines is 1. The van der Waals surface area contributed by atoms with Gasteiger partial charge in [-0.25, -0.2) is 4.79 Å². The van der Waals surface area contributed by atoms with Crippen molar-refractivity contribution < 1.29 is 52.5 Å². The number of hydrogen-bond acceptors (Lipinski definition) is 11. The maximum Gasteiger partial charge on any atom is 0.312 e. The summed E-state index contributed by atoms with van der Waals surface area (Å²) in [6.07, 6.45) is 1.21. The zero-order valence-corrected chi connectivity index (χ0v) is 34.3. The van der Waals surface area contributed by atoms with Gasteiger partial charge in [-0.05, 0) is 50.3 Å². The molecule has 0 aromatic heterocycles. The highest BCUT2D eigenvalue weighted by atomic mass is 16.6. The van der Waals surface area contributed by atoms with E-state index in [0.717, 1.165) is 5.56 Å². The molecule has 6 N–H and O–H groups in total. The molecule has 0 heterocycles. The van der Waals surface area contributed by atoms with E-state index in [2.05, 4.69) is 21.3 Å². The minimum absolute atomic E-state index is 0.0437. The van der Waals surface area contributed by atoms with E-state index in [1.54, 1.807) is 12.1 Å². The van der Waals surface area contributed by atoms with Gasteiger partial charge in [0.1, 0.15) is 5.78 Å². The summed E-state index contributed by atoms with van der Waals surface area (Å²) in [7, 11) is 0. The maximum atomic E-state index is 13.5. The highest BCUT2D eigenvalue weighted by molar-refractivity contribution is 5.97. The third kappa shape index (κ3) is 25.2. The van der Waals surface area contributed by atoms with Gasteiger partial charge in [0.2, 0.25) is 17.7 Å². The average Bonchev–Trinajstić information content (AvgIpc) is 3.14. The third-order valence-corrected chi connectivity index (χ3v) is 8.38. The molecule has 0 bridgehead atoms. The van der Waals surface area contributed by atoms with Crippen molar-refractivity contribution in [2.45, 2.75) is 98.8 Å². The number of primary amides is 1. The molecule has 0 spiro atoms. The molecular weight excluding hydrogens is 726 g/mol. The number of carbonyl (C=O) groups is 6. The fourth-order valence-electron chi connectivity index (χ4n) is 5.11. The first-order valence-corrected chi connectivity index (χ1v) is 19.7. The van der Waals surface area contributed by atoms with Crippen LogP contribution in [0.4, 0.5) is 10.5 Å². The molecule has 16 heteroatoms. The van der Waals surface area contributed by atoms with E-state index < -0.39 is 18.0 Å². The average molecular weight is 794 g/mol. The monoisotopic (exact) mass is 793 g/mol. The molecule has 0 radical (unpaired) electrons. The largest absolute Gasteiger partial charge is 0.379 e. The Balaban J connectivity index is 2.35. The highest BCUT2D eigenvalue weighted by Crippen LogP contribution is 2.20. The van der Waals surface area contributed by atoms with Crippen molar-refractivity contribution in [3.05, 3.63) is 29.8 Å². The van der Waals surface area contributed by atoms with Crippen molar-refractivity contribution >= 4 is 41.0 Å². The quantitative estimate of drug-likeness (QED) is 0.0650. The minimum Gasteiger partial charge on any atom is -0.379 e. The molecule has 0 saturated carbocycles. The van der Waals surface area contributed by atoms with E-state index in [4.69, 9.17) is 29.4 Å². The van der Waals surface area contributed by atoms with Crippen molar-refractivity contribution in [3.8, 4) is 0 Å². The lowest BCUT2D eigenvalue weighted by atomic mass is 9.89. The van der Waals surface area contributed by atoms with E-state index in [1.165, 1.54) is 0 Å². The van der Waals surface area contributed by atoms with Gasteiger partial charge in [0.25, 0.3) is 0 Å². The molecule has 0 aliphatic heterocycles. The van der Waals surface area contributed by atoms with Gasteiger partial charge in [0.15, 0.2) is 5.78 Å². The number of urea groups is 1. The summed E-state index contributed by atoms with van der Waals surface area (Å²) in [5, 5.41) is 10.9. The number of hydrogen-bond donors (Lipinski definition) is 5. The van der Waals surface area contributed by atoms with Crippen LogP contribution in [0.5, 0.6) is 0 Å². The number of benzene rings is 1. The lowest BCUT2D eigenvalue weighted by Gasteiger charge is -2.24. The Morgan fingerprint density at radius 2 is 1.25 bits per heavy atom. The molecule has 1 aromatic rings. The molecule has 0 unspecified atom stereocenters. The van der Waals surface area contributed by atoms with E-state index in [-0.39, 0.29) is 92.7 Å². The lowest BCUT2D eigenvalue weighted by molar-refractivity contribution is -0.131. The van der Waals surface area contributed by atoms with Crippen LogP contribution in [0.3, 0.4) is 0 Å². The minimum atomic E-state index is -0.797. The number of carbonyl (C=O) groups excluding carboxylic acids is 6. The Labute approximate surface area is 332 Å². The fourth-order valence-corrected chi connectivity index (χ4v) is 5.11. The smallest absolute Gasteiger partial charge is 0.312 e. The Hall–Kier alpha value is -3.96. The predicted octanol–water partition coefficient (Wildman–Crippen LogP) is 3.29. The first kappa shape index (κ1) is 50.1. The standard InChI is InChI=1S/C40H67N5O11/c1-28(2)34(46)13-14-36(48)42-17-19-53-21-23-55-25-24-54-22-20-52-18-15-37(49)45-38(29(3)4)35(47)26-32(8-7-16-43-40(41)51)39(50)44-33-11-9-31(10-12-33)27-56-30(5)6/h9-12,28-30,32,38H,7-8,13-27H2,1-6H3,(H,42,48)(H,44,50)(H,45,49)(H3,41,43,51)/t32-,38+/m1/s1. The van der Waals surface area contributed by atoms with E-state index in [0.29, 0.717) is 71.3 Å². The number of nitrogens with one attached hydrogen (secondary N) is 4. The SMILES string of the molecule is CC(C)OCc1ccc(NC(=O)[C@H](CCCNC(N)=O)CC(=O)[C@@H](NC(=O)CCOCCOCCOCCOCCNC(=O)CCC(=O)C(C)C)C(C)C)cc1. The number of amides is 5. The maximum absolute atomic E-state index is 13.5. The van der Waals surface area contributed by atoms with Crippen molar-refractivity contribution in [1.82, 2.24) is 16.0 Å². The Bertz CT molecular complexity index is 1310. The summed E-state index contributed by atoms with van der Waals surface area (Å²) < 4.78 is 27.5. The number of rotatable bonds is 33. The van der Waals surface area contributed by atoms with Gasteiger partial charge in [0, 0.05) is 56.3 Å². The first-order chi connectivity index (χ1) is 26.7. The van der Waals surface area contributed by atoms with Crippen molar-refractivity contribution in [3.63, 3.8) is 0 Å². The molecule has 1 rings (SSSR count). The second kappa shape index (κ2) is 30.2. The van der Waals surface area contributed by atoms with Gasteiger partial charge in [-0.1, -0.05) is 39.8 Å². The van der Waals surface area contributed by atoms with Gasteiger partial charge in [-0.3, -0.25) is 24.0 Å². The number of nitrogens with two attached hydrogens (primary N) is 1. The van der Waals surface area contributed by atoms with Crippen molar-refractivity contribution in [1.29, 1.82) is 0 Å².